The largest absolute Gasteiger partial charge is 0.396 e. The van der Waals surface area contributed by atoms with Crippen LogP contribution in [0.25, 0.3) is 0 Å². The molecule has 2 rings (SSSR count). The second-order valence-corrected chi connectivity index (χ2v) is 4.40. The third-order valence-corrected chi connectivity index (χ3v) is 3.18. The van der Waals surface area contributed by atoms with E-state index in [1.54, 1.807) is 0 Å². The fraction of sp³-hybridized carbons (Fsp3) is 0.538. The number of aliphatic hydroxyl groups is 2. The van der Waals surface area contributed by atoms with Gasteiger partial charge in [-0.1, -0.05) is 30.3 Å². The fourth-order valence-electron chi connectivity index (χ4n) is 2.17. The van der Waals surface area contributed by atoms with Crippen LogP contribution in [0.2, 0.25) is 0 Å². The number of hydrogen-bond donors (Lipinski definition) is 2. The van der Waals surface area contributed by atoms with E-state index in [4.69, 9.17) is 9.84 Å². The predicted molar refractivity (Wildman–Crippen MR) is 60.8 cm³/mol. The van der Waals surface area contributed by atoms with Gasteiger partial charge in [0.2, 0.25) is 0 Å². The number of ether oxygens (including phenoxy) is 1. The number of hydrogen-bond acceptors (Lipinski definition) is 3. The normalized spacial score (nSPS) is 29.5. The molecule has 3 nitrogen and oxygen atoms in total. The van der Waals surface area contributed by atoms with Crippen LogP contribution in [0.5, 0.6) is 0 Å². The molecule has 3 heteroatoms. The molecule has 0 saturated heterocycles. The van der Waals surface area contributed by atoms with Crippen molar-refractivity contribution in [1.82, 2.24) is 0 Å². The minimum atomic E-state index is -0.411. The Labute approximate surface area is 95.7 Å². The lowest BCUT2D eigenvalue weighted by atomic mass is 10.1. The molecular formula is C13H18O3. The van der Waals surface area contributed by atoms with Crippen molar-refractivity contribution < 1.29 is 14.9 Å². The van der Waals surface area contributed by atoms with Crippen LogP contribution in [0, 0.1) is 5.92 Å². The zero-order valence-corrected chi connectivity index (χ0v) is 9.25. The molecular weight excluding hydrogens is 204 g/mol. The molecule has 2 N–H and O–H groups in total. The van der Waals surface area contributed by atoms with Crippen molar-refractivity contribution in [2.75, 3.05) is 6.61 Å². The van der Waals surface area contributed by atoms with Crippen LogP contribution in [-0.4, -0.2) is 29.0 Å². The molecule has 1 aliphatic rings. The molecule has 0 radical (unpaired) electrons. The topological polar surface area (TPSA) is 49.7 Å². The molecule has 0 bridgehead atoms. The van der Waals surface area contributed by atoms with Gasteiger partial charge in [0.1, 0.15) is 0 Å². The fourth-order valence-corrected chi connectivity index (χ4v) is 2.17. The van der Waals surface area contributed by atoms with Crippen molar-refractivity contribution in [3.8, 4) is 0 Å². The lowest BCUT2D eigenvalue weighted by Crippen LogP contribution is -2.16. The standard InChI is InChI=1S/C13H18O3/c14-8-11-6-12(7-13(11)15)16-9-10-4-2-1-3-5-10/h1-5,11-15H,6-9H2/t11-,12+,13+/m1/s1. The SMILES string of the molecule is OC[C@H]1C[C@H](OCc2ccccc2)C[C@@H]1O. The van der Waals surface area contributed by atoms with Gasteiger partial charge < -0.3 is 14.9 Å². The molecule has 88 valence electrons. The van der Waals surface area contributed by atoms with E-state index in [1.165, 1.54) is 0 Å². The monoisotopic (exact) mass is 222 g/mol. The summed E-state index contributed by atoms with van der Waals surface area (Å²) in [6, 6.07) is 9.99. The van der Waals surface area contributed by atoms with Gasteiger partial charge in [0.25, 0.3) is 0 Å². The van der Waals surface area contributed by atoms with Crippen LogP contribution in [0.4, 0.5) is 0 Å². The Morgan fingerprint density at radius 1 is 1.19 bits per heavy atom. The summed E-state index contributed by atoms with van der Waals surface area (Å²) in [7, 11) is 0. The zero-order chi connectivity index (χ0) is 11.4. The summed E-state index contributed by atoms with van der Waals surface area (Å²) in [4.78, 5) is 0. The Balaban J connectivity index is 1.80. The molecule has 0 aliphatic heterocycles. The second-order valence-electron chi connectivity index (χ2n) is 4.40. The first-order chi connectivity index (χ1) is 7.79. The van der Waals surface area contributed by atoms with E-state index in [-0.39, 0.29) is 18.6 Å². The lowest BCUT2D eigenvalue weighted by Gasteiger charge is -2.11. The van der Waals surface area contributed by atoms with Gasteiger partial charge in [0.05, 0.1) is 18.8 Å². The highest BCUT2D eigenvalue weighted by Gasteiger charge is 2.32. The van der Waals surface area contributed by atoms with Crippen molar-refractivity contribution in [2.24, 2.45) is 5.92 Å². The van der Waals surface area contributed by atoms with E-state index in [9.17, 15) is 5.11 Å². The second kappa shape index (κ2) is 5.43. The van der Waals surface area contributed by atoms with Gasteiger partial charge in [-0.05, 0) is 18.4 Å². The average molecular weight is 222 g/mol. The maximum atomic E-state index is 9.62. The molecule has 1 aliphatic carbocycles. The number of rotatable bonds is 4. The summed E-state index contributed by atoms with van der Waals surface area (Å²) in [5, 5.41) is 18.6. The molecule has 0 spiro atoms. The van der Waals surface area contributed by atoms with Crippen LogP contribution in [0.3, 0.4) is 0 Å². The number of benzene rings is 1. The Morgan fingerprint density at radius 3 is 2.56 bits per heavy atom. The smallest absolute Gasteiger partial charge is 0.0720 e. The van der Waals surface area contributed by atoms with E-state index in [0.29, 0.717) is 13.0 Å². The highest BCUT2D eigenvalue weighted by molar-refractivity contribution is 5.13. The maximum Gasteiger partial charge on any atom is 0.0720 e. The van der Waals surface area contributed by atoms with E-state index in [0.717, 1.165) is 12.0 Å². The van der Waals surface area contributed by atoms with Crippen LogP contribution >= 0.6 is 0 Å². The van der Waals surface area contributed by atoms with Gasteiger partial charge in [-0.25, -0.2) is 0 Å². The minimum absolute atomic E-state index is 0.0132. The highest BCUT2D eigenvalue weighted by atomic mass is 16.5. The van der Waals surface area contributed by atoms with Gasteiger partial charge in [0.15, 0.2) is 0 Å². The summed E-state index contributed by atoms with van der Waals surface area (Å²) in [5.74, 6) is -0.0132. The third-order valence-electron chi connectivity index (χ3n) is 3.18. The van der Waals surface area contributed by atoms with E-state index in [1.807, 2.05) is 30.3 Å². The Hall–Kier alpha value is -0.900. The summed E-state index contributed by atoms with van der Waals surface area (Å²) >= 11 is 0. The minimum Gasteiger partial charge on any atom is -0.396 e. The third kappa shape index (κ3) is 2.82. The first-order valence-corrected chi connectivity index (χ1v) is 5.74. The molecule has 0 aromatic heterocycles. The first kappa shape index (κ1) is 11.6. The van der Waals surface area contributed by atoms with Crippen molar-refractivity contribution in [2.45, 2.75) is 31.7 Å². The van der Waals surface area contributed by atoms with Gasteiger partial charge in [-0.15, -0.1) is 0 Å². The molecule has 16 heavy (non-hydrogen) atoms. The molecule has 0 heterocycles. The van der Waals surface area contributed by atoms with Crippen LogP contribution in [-0.2, 0) is 11.3 Å². The van der Waals surface area contributed by atoms with Crippen molar-refractivity contribution >= 4 is 0 Å². The Kier molecular flexibility index (Phi) is 3.93. The molecule has 1 fully saturated rings. The van der Waals surface area contributed by atoms with Crippen LogP contribution < -0.4 is 0 Å². The molecule has 0 amide bonds. The van der Waals surface area contributed by atoms with Crippen LogP contribution in [0.15, 0.2) is 30.3 Å². The molecule has 0 unspecified atom stereocenters. The summed E-state index contributed by atoms with van der Waals surface area (Å²) in [6.45, 7) is 0.628. The van der Waals surface area contributed by atoms with Gasteiger partial charge in [0, 0.05) is 12.5 Å². The Bertz CT molecular complexity index is 312. The summed E-state index contributed by atoms with van der Waals surface area (Å²) in [5.41, 5.74) is 1.14. The molecule has 1 aromatic carbocycles. The highest BCUT2D eigenvalue weighted by Crippen LogP contribution is 2.28. The van der Waals surface area contributed by atoms with E-state index in [2.05, 4.69) is 0 Å². The van der Waals surface area contributed by atoms with Crippen molar-refractivity contribution in [3.63, 3.8) is 0 Å². The lowest BCUT2D eigenvalue weighted by molar-refractivity contribution is 0.0357. The van der Waals surface area contributed by atoms with Gasteiger partial charge in [-0.3, -0.25) is 0 Å². The molecule has 1 aromatic rings. The summed E-state index contributed by atoms with van der Waals surface area (Å²) in [6.07, 6.45) is 1.06. The molecule has 1 saturated carbocycles. The van der Waals surface area contributed by atoms with Crippen molar-refractivity contribution in [3.05, 3.63) is 35.9 Å². The van der Waals surface area contributed by atoms with Crippen molar-refractivity contribution in [1.29, 1.82) is 0 Å². The van der Waals surface area contributed by atoms with Crippen LogP contribution in [0.1, 0.15) is 18.4 Å². The van der Waals surface area contributed by atoms with Gasteiger partial charge >= 0.3 is 0 Å². The Morgan fingerprint density at radius 2 is 1.94 bits per heavy atom. The summed E-state index contributed by atoms with van der Waals surface area (Å²) < 4.78 is 5.72. The van der Waals surface area contributed by atoms with E-state index >= 15 is 0 Å². The van der Waals surface area contributed by atoms with E-state index < -0.39 is 6.10 Å². The predicted octanol–water partition coefficient (Wildman–Crippen LogP) is 1.33. The molecule has 3 atom stereocenters. The quantitative estimate of drug-likeness (QED) is 0.808. The maximum absolute atomic E-state index is 9.62. The average Bonchev–Trinajstić information content (AvgIpc) is 2.69. The first-order valence-electron chi connectivity index (χ1n) is 5.74. The van der Waals surface area contributed by atoms with Gasteiger partial charge in [-0.2, -0.15) is 0 Å². The zero-order valence-electron chi connectivity index (χ0n) is 9.25. The number of aliphatic hydroxyl groups excluding tert-OH is 2.